The zero-order chi connectivity index (χ0) is 18.8. The molecule has 4 aromatic rings. The fourth-order valence-electron chi connectivity index (χ4n) is 2.27. The Labute approximate surface area is 167 Å². The zero-order valence-corrected chi connectivity index (χ0v) is 16.3. The fraction of sp³-hybridized carbons (Fsp3) is 0.125. The van der Waals surface area contributed by atoms with Crippen molar-refractivity contribution >= 4 is 51.4 Å². The van der Waals surface area contributed by atoms with Gasteiger partial charge >= 0.3 is 0 Å². The van der Waals surface area contributed by atoms with Gasteiger partial charge in [0, 0.05) is 10.6 Å². The maximum absolute atomic E-state index is 12.1. The Morgan fingerprint density at radius 1 is 1.15 bits per heavy atom. The van der Waals surface area contributed by atoms with Gasteiger partial charge in [-0.25, -0.2) is 0 Å². The van der Waals surface area contributed by atoms with Crippen LogP contribution < -0.4 is 5.32 Å². The number of anilines is 1. The van der Waals surface area contributed by atoms with Crippen LogP contribution in [0.4, 0.5) is 5.13 Å². The van der Waals surface area contributed by atoms with Crippen LogP contribution in [0.25, 0.3) is 17.0 Å². The topological polar surface area (TPSA) is 98.0 Å². The van der Waals surface area contributed by atoms with Crippen LogP contribution in [-0.4, -0.2) is 41.7 Å². The molecule has 1 N–H and O–H groups in total. The van der Waals surface area contributed by atoms with E-state index in [-0.39, 0.29) is 11.7 Å². The van der Waals surface area contributed by atoms with Gasteiger partial charge in [0.2, 0.25) is 11.0 Å². The first-order valence-corrected chi connectivity index (χ1v) is 9.98. The van der Waals surface area contributed by atoms with Crippen molar-refractivity contribution in [3.63, 3.8) is 0 Å². The Hall–Kier alpha value is -2.56. The van der Waals surface area contributed by atoms with Crippen molar-refractivity contribution in [1.29, 1.82) is 0 Å². The molecule has 0 saturated heterocycles. The Kier molecular flexibility index (Phi) is 5.01. The average molecular weight is 418 g/mol. The van der Waals surface area contributed by atoms with E-state index < -0.39 is 0 Å². The van der Waals surface area contributed by atoms with Crippen molar-refractivity contribution < 1.29 is 4.79 Å². The summed E-state index contributed by atoms with van der Waals surface area (Å²) in [5, 5.41) is 25.9. The number of hydrogen-bond donors (Lipinski definition) is 1. The van der Waals surface area contributed by atoms with Crippen molar-refractivity contribution in [3.8, 4) is 11.4 Å². The van der Waals surface area contributed by atoms with Gasteiger partial charge < -0.3 is 0 Å². The number of fused-ring (bicyclic) bond motifs is 1. The summed E-state index contributed by atoms with van der Waals surface area (Å²) in [6.45, 7) is 1.83. The number of carbonyl (C=O) groups is 1. The Morgan fingerprint density at radius 2 is 1.96 bits per heavy atom. The van der Waals surface area contributed by atoms with E-state index in [0.29, 0.717) is 26.7 Å². The van der Waals surface area contributed by atoms with E-state index in [1.165, 1.54) is 23.1 Å². The highest BCUT2D eigenvalue weighted by Crippen LogP contribution is 2.22. The molecule has 0 aliphatic carbocycles. The highest BCUT2D eigenvalue weighted by atomic mass is 35.5. The second-order valence-electron chi connectivity index (χ2n) is 5.44. The maximum atomic E-state index is 12.1. The number of aromatic nitrogens is 6. The second kappa shape index (κ2) is 7.59. The molecule has 11 heteroatoms. The van der Waals surface area contributed by atoms with Gasteiger partial charge in [0.25, 0.3) is 0 Å². The van der Waals surface area contributed by atoms with Crippen LogP contribution in [0.5, 0.6) is 0 Å². The van der Waals surface area contributed by atoms with Gasteiger partial charge in [-0.2, -0.15) is 9.61 Å². The molecular formula is C16H12ClN7OS2. The zero-order valence-electron chi connectivity index (χ0n) is 14.0. The summed E-state index contributed by atoms with van der Waals surface area (Å²) in [6, 6.07) is 10.9. The van der Waals surface area contributed by atoms with Gasteiger partial charge in [-0.3, -0.25) is 10.1 Å². The first-order valence-electron chi connectivity index (χ1n) is 7.80. The summed E-state index contributed by atoms with van der Waals surface area (Å²) in [5.74, 6) is 0.646. The molecule has 0 fully saturated rings. The molecule has 27 heavy (non-hydrogen) atoms. The maximum Gasteiger partial charge on any atom is 0.236 e. The lowest BCUT2D eigenvalue weighted by atomic mass is 10.2. The second-order valence-corrected chi connectivity index (χ2v) is 8.05. The predicted octanol–water partition coefficient (Wildman–Crippen LogP) is 3.34. The predicted molar refractivity (Wildman–Crippen MR) is 105 cm³/mol. The average Bonchev–Trinajstić information content (AvgIpc) is 3.26. The summed E-state index contributed by atoms with van der Waals surface area (Å²) in [5.41, 5.74) is 1.48. The van der Waals surface area contributed by atoms with Gasteiger partial charge in [-0.1, -0.05) is 34.7 Å². The van der Waals surface area contributed by atoms with Crippen molar-refractivity contribution in [3.05, 3.63) is 46.4 Å². The molecule has 0 bridgehead atoms. The molecule has 3 heterocycles. The molecule has 136 valence electrons. The molecule has 3 aromatic heterocycles. The largest absolute Gasteiger partial charge is 0.300 e. The smallest absolute Gasteiger partial charge is 0.236 e. The number of amides is 1. The lowest BCUT2D eigenvalue weighted by molar-refractivity contribution is -0.113. The highest BCUT2D eigenvalue weighted by molar-refractivity contribution is 7.99. The first kappa shape index (κ1) is 17.8. The number of nitrogens with one attached hydrogen (secondary N) is 1. The summed E-state index contributed by atoms with van der Waals surface area (Å²) >= 11 is 8.59. The number of carbonyl (C=O) groups excluding carboxylic acids is 1. The van der Waals surface area contributed by atoms with Crippen LogP contribution in [0.1, 0.15) is 5.01 Å². The van der Waals surface area contributed by atoms with Crippen molar-refractivity contribution in [2.24, 2.45) is 0 Å². The van der Waals surface area contributed by atoms with E-state index >= 15 is 0 Å². The molecule has 0 radical (unpaired) electrons. The minimum absolute atomic E-state index is 0.167. The lowest BCUT2D eigenvalue weighted by Gasteiger charge is -2.03. The number of hydrogen-bond acceptors (Lipinski definition) is 8. The Morgan fingerprint density at radius 3 is 2.70 bits per heavy atom. The van der Waals surface area contributed by atoms with E-state index in [1.54, 1.807) is 16.6 Å². The van der Waals surface area contributed by atoms with E-state index in [2.05, 4.69) is 30.8 Å². The molecule has 0 spiro atoms. The third-order valence-electron chi connectivity index (χ3n) is 3.46. The van der Waals surface area contributed by atoms with E-state index in [1.807, 2.05) is 31.2 Å². The normalized spacial score (nSPS) is 11.0. The minimum atomic E-state index is -0.167. The molecule has 0 aliphatic rings. The third kappa shape index (κ3) is 4.07. The summed E-state index contributed by atoms with van der Waals surface area (Å²) in [7, 11) is 0. The number of rotatable bonds is 5. The molecule has 0 aliphatic heterocycles. The first-order chi connectivity index (χ1) is 13.1. The Bertz CT molecular complexity index is 1110. The molecule has 0 unspecified atom stereocenters. The number of nitrogens with zero attached hydrogens (tertiary/aromatic N) is 6. The summed E-state index contributed by atoms with van der Waals surface area (Å²) in [4.78, 5) is 12.1. The van der Waals surface area contributed by atoms with E-state index in [9.17, 15) is 4.79 Å². The summed E-state index contributed by atoms with van der Waals surface area (Å²) < 4.78 is 1.65. The van der Waals surface area contributed by atoms with Crippen LogP contribution >= 0.6 is 34.7 Å². The Balaban J connectivity index is 1.50. The van der Waals surface area contributed by atoms with Crippen LogP contribution in [-0.2, 0) is 4.79 Å². The SMILES string of the molecule is Cc1nnc(NC(=O)CSc2ccc3nnc(-c4ccc(Cl)cc4)n3n2)s1. The van der Waals surface area contributed by atoms with E-state index in [0.717, 1.165) is 10.6 Å². The lowest BCUT2D eigenvalue weighted by Crippen LogP contribution is -2.14. The minimum Gasteiger partial charge on any atom is -0.300 e. The van der Waals surface area contributed by atoms with Gasteiger partial charge in [0.1, 0.15) is 10.0 Å². The molecule has 8 nitrogen and oxygen atoms in total. The number of aryl methyl sites for hydroxylation is 1. The van der Waals surface area contributed by atoms with Crippen LogP contribution in [0.3, 0.4) is 0 Å². The van der Waals surface area contributed by atoms with Crippen molar-refractivity contribution in [2.45, 2.75) is 11.9 Å². The standard InChI is InChI=1S/C16H12ClN7OS2/c1-9-19-22-16(27-9)18-13(25)8-26-14-7-6-12-20-21-15(24(12)23-14)10-2-4-11(17)5-3-10/h2-7H,8H2,1H3,(H,18,22,25). The van der Waals surface area contributed by atoms with Crippen LogP contribution in [0.2, 0.25) is 5.02 Å². The molecule has 0 saturated carbocycles. The van der Waals surface area contributed by atoms with Gasteiger partial charge in [0.15, 0.2) is 11.5 Å². The molecule has 1 aromatic carbocycles. The number of thioether (sulfide) groups is 1. The highest BCUT2D eigenvalue weighted by Gasteiger charge is 2.12. The van der Waals surface area contributed by atoms with Gasteiger partial charge in [-0.15, -0.1) is 20.4 Å². The molecule has 0 atom stereocenters. The molecular weight excluding hydrogens is 406 g/mol. The molecule has 4 rings (SSSR count). The van der Waals surface area contributed by atoms with E-state index in [4.69, 9.17) is 11.6 Å². The fourth-order valence-corrected chi connectivity index (χ4v) is 3.66. The van der Waals surface area contributed by atoms with Crippen LogP contribution in [0.15, 0.2) is 41.4 Å². The number of benzene rings is 1. The number of halogens is 1. The third-order valence-corrected chi connectivity index (χ3v) is 5.39. The van der Waals surface area contributed by atoms with Gasteiger partial charge in [-0.05, 0) is 43.3 Å². The van der Waals surface area contributed by atoms with Crippen molar-refractivity contribution in [2.75, 3.05) is 11.1 Å². The van der Waals surface area contributed by atoms with Crippen LogP contribution in [0, 0.1) is 6.92 Å². The molecule has 1 amide bonds. The monoisotopic (exact) mass is 417 g/mol. The summed E-state index contributed by atoms with van der Waals surface area (Å²) in [6.07, 6.45) is 0. The van der Waals surface area contributed by atoms with Crippen molar-refractivity contribution in [1.82, 2.24) is 30.0 Å². The van der Waals surface area contributed by atoms with Gasteiger partial charge in [0.05, 0.1) is 5.75 Å². The quantitative estimate of drug-likeness (QED) is 0.497.